The second kappa shape index (κ2) is 5.15. The molecule has 2 N–H and O–H groups in total. The minimum absolute atomic E-state index is 0.292. The number of aldehydes is 1. The van der Waals surface area contributed by atoms with Gasteiger partial charge < -0.3 is 10.3 Å². The minimum Gasteiger partial charge on any atom is -0.341 e. The van der Waals surface area contributed by atoms with Crippen LogP contribution in [-0.4, -0.2) is 22.8 Å². The number of nitrogens with zero attached hydrogens (tertiary/aromatic N) is 1. The van der Waals surface area contributed by atoms with Gasteiger partial charge >= 0.3 is 0 Å². The van der Waals surface area contributed by atoms with Crippen LogP contribution >= 0.6 is 11.6 Å². The number of halogens is 1. The minimum atomic E-state index is 0.292. The van der Waals surface area contributed by atoms with Gasteiger partial charge in [-0.05, 0) is 31.5 Å². The molecule has 3 rings (SSSR count). The Morgan fingerprint density at radius 1 is 1.42 bits per heavy atom. The number of imidazole rings is 1. The first-order valence-corrected chi connectivity index (χ1v) is 6.69. The lowest BCUT2D eigenvalue weighted by atomic mass is 10.1. The Kier molecular flexibility index (Phi) is 3.36. The molecule has 4 nitrogen and oxygen atoms in total. The van der Waals surface area contributed by atoms with Crippen molar-refractivity contribution < 1.29 is 4.79 Å². The van der Waals surface area contributed by atoms with E-state index in [1.165, 1.54) is 6.42 Å². The number of rotatable bonds is 3. The van der Waals surface area contributed by atoms with Gasteiger partial charge in [0.1, 0.15) is 5.82 Å². The van der Waals surface area contributed by atoms with Gasteiger partial charge in [0.15, 0.2) is 6.29 Å². The fourth-order valence-electron chi connectivity index (χ4n) is 2.44. The summed E-state index contributed by atoms with van der Waals surface area (Å²) >= 11 is 5.90. The van der Waals surface area contributed by atoms with Gasteiger partial charge in [0.25, 0.3) is 0 Å². The number of H-pyrrole nitrogens is 1. The van der Waals surface area contributed by atoms with E-state index in [0.29, 0.717) is 16.6 Å². The average Bonchev–Trinajstić information content (AvgIpc) is 3.09. The van der Waals surface area contributed by atoms with Crippen molar-refractivity contribution in [2.45, 2.75) is 18.9 Å². The molecule has 0 saturated carbocycles. The highest BCUT2D eigenvalue weighted by Gasteiger charge is 2.19. The number of aromatic amines is 1. The molecule has 98 valence electrons. The van der Waals surface area contributed by atoms with Crippen LogP contribution in [0.25, 0.3) is 11.3 Å². The Hall–Kier alpha value is -1.65. The summed E-state index contributed by atoms with van der Waals surface area (Å²) in [5.74, 6) is 0.930. The van der Waals surface area contributed by atoms with Crippen molar-refractivity contribution >= 4 is 17.9 Å². The van der Waals surface area contributed by atoms with E-state index in [1.54, 1.807) is 18.3 Å². The van der Waals surface area contributed by atoms with Crippen LogP contribution in [0.4, 0.5) is 0 Å². The monoisotopic (exact) mass is 275 g/mol. The van der Waals surface area contributed by atoms with Crippen molar-refractivity contribution in [3.63, 3.8) is 0 Å². The van der Waals surface area contributed by atoms with Crippen LogP contribution < -0.4 is 5.32 Å². The van der Waals surface area contributed by atoms with Crippen molar-refractivity contribution in [1.29, 1.82) is 0 Å². The molecule has 1 atom stereocenters. The molecule has 5 heteroatoms. The van der Waals surface area contributed by atoms with E-state index < -0.39 is 0 Å². The molecule has 1 aromatic carbocycles. The third kappa shape index (κ3) is 2.41. The SMILES string of the molecule is O=Cc1cc(Cl)ccc1-c1cnc(C2CCCN2)[nH]1. The highest BCUT2D eigenvalue weighted by atomic mass is 35.5. The number of aromatic nitrogens is 2. The third-order valence-corrected chi connectivity index (χ3v) is 3.65. The molecular formula is C14H14ClN3O. The molecule has 0 spiro atoms. The normalized spacial score (nSPS) is 18.7. The van der Waals surface area contributed by atoms with Crippen molar-refractivity contribution in [1.82, 2.24) is 15.3 Å². The Morgan fingerprint density at radius 3 is 3.05 bits per heavy atom. The molecule has 2 aromatic rings. The lowest BCUT2D eigenvalue weighted by Crippen LogP contribution is -2.14. The van der Waals surface area contributed by atoms with Gasteiger partial charge in [-0.15, -0.1) is 0 Å². The molecule has 1 saturated heterocycles. The fourth-order valence-corrected chi connectivity index (χ4v) is 2.63. The van der Waals surface area contributed by atoms with E-state index in [9.17, 15) is 4.79 Å². The molecule has 0 radical (unpaired) electrons. The molecule has 0 aliphatic carbocycles. The topological polar surface area (TPSA) is 57.8 Å². The molecule has 1 unspecified atom stereocenters. The first kappa shape index (κ1) is 12.4. The van der Waals surface area contributed by atoms with E-state index in [-0.39, 0.29) is 0 Å². The van der Waals surface area contributed by atoms with Crippen LogP contribution in [0.1, 0.15) is 35.1 Å². The molecule has 1 fully saturated rings. The summed E-state index contributed by atoms with van der Waals surface area (Å²) in [5.41, 5.74) is 2.25. The summed E-state index contributed by atoms with van der Waals surface area (Å²) in [6, 6.07) is 5.57. The highest BCUT2D eigenvalue weighted by Crippen LogP contribution is 2.27. The maximum Gasteiger partial charge on any atom is 0.150 e. The van der Waals surface area contributed by atoms with E-state index >= 15 is 0 Å². The fraction of sp³-hybridized carbons (Fsp3) is 0.286. The van der Waals surface area contributed by atoms with Crippen LogP contribution in [0.2, 0.25) is 5.02 Å². The first-order valence-electron chi connectivity index (χ1n) is 6.31. The third-order valence-electron chi connectivity index (χ3n) is 3.42. The molecular weight excluding hydrogens is 262 g/mol. The molecule has 2 heterocycles. The van der Waals surface area contributed by atoms with Gasteiger partial charge in [0, 0.05) is 16.1 Å². The number of hydrogen-bond acceptors (Lipinski definition) is 3. The zero-order valence-electron chi connectivity index (χ0n) is 10.3. The van der Waals surface area contributed by atoms with Crippen LogP contribution in [0, 0.1) is 0 Å². The Bertz CT molecular complexity index is 602. The maximum atomic E-state index is 11.1. The predicted molar refractivity (Wildman–Crippen MR) is 74.4 cm³/mol. The van der Waals surface area contributed by atoms with Crippen molar-refractivity contribution in [3.8, 4) is 11.3 Å². The molecule has 1 aliphatic heterocycles. The zero-order chi connectivity index (χ0) is 13.2. The Morgan fingerprint density at radius 2 is 2.32 bits per heavy atom. The first-order chi connectivity index (χ1) is 9.28. The second-order valence-electron chi connectivity index (χ2n) is 4.68. The summed E-state index contributed by atoms with van der Waals surface area (Å²) in [5, 5.41) is 3.95. The van der Waals surface area contributed by atoms with Crippen molar-refractivity contribution in [2.75, 3.05) is 6.54 Å². The average molecular weight is 276 g/mol. The summed E-state index contributed by atoms with van der Waals surface area (Å²) in [6.07, 6.45) is 4.84. The van der Waals surface area contributed by atoms with E-state index in [1.807, 2.05) is 6.07 Å². The Labute approximate surface area is 116 Å². The van der Waals surface area contributed by atoms with Crippen LogP contribution in [-0.2, 0) is 0 Å². The van der Waals surface area contributed by atoms with E-state index in [4.69, 9.17) is 11.6 Å². The highest BCUT2D eigenvalue weighted by molar-refractivity contribution is 6.31. The van der Waals surface area contributed by atoms with Crippen LogP contribution in [0.5, 0.6) is 0 Å². The summed E-state index contributed by atoms with van der Waals surface area (Å²) < 4.78 is 0. The van der Waals surface area contributed by atoms with Gasteiger partial charge in [-0.1, -0.05) is 17.7 Å². The van der Waals surface area contributed by atoms with Crippen molar-refractivity contribution in [2.24, 2.45) is 0 Å². The quantitative estimate of drug-likeness (QED) is 0.847. The smallest absolute Gasteiger partial charge is 0.150 e. The predicted octanol–water partition coefficient (Wildman–Crippen LogP) is 2.97. The molecule has 19 heavy (non-hydrogen) atoms. The molecule has 0 bridgehead atoms. The molecule has 1 aromatic heterocycles. The van der Waals surface area contributed by atoms with Gasteiger partial charge in [-0.25, -0.2) is 4.98 Å². The van der Waals surface area contributed by atoms with Gasteiger partial charge in [0.2, 0.25) is 0 Å². The number of carbonyl (C=O) groups excluding carboxylic acids is 1. The van der Waals surface area contributed by atoms with Gasteiger partial charge in [-0.2, -0.15) is 0 Å². The standard InChI is InChI=1S/C14H14ClN3O/c15-10-3-4-11(9(6-10)8-19)13-7-17-14(18-13)12-2-1-5-16-12/h3-4,6-8,12,16H,1-2,5H2,(H,17,18). The number of benzene rings is 1. The van der Waals surface area contributed by atoms with Crippen LogP contribution in [0.3, 0.4) is 0 Å². The zero-order valence-corrected chi connectivity index (χ0v) is 11.1. The largest absolute Gasteiger partial charge is 0.341 e. The summed E-state index contributed by atoms with van der Waals surface area (Å²) in [7, 11) is 0. The number of nitrogens with one attached hydrogen (secondary N) is 2. The van der Waals surface area contributed by atoms with Gasteiger partial charge in [0.05, 0.1) is 17.9 Å². The maximum absolute atomic E-state index is 11.1. The van der Waals surface area contributed by atoms with E-state index in [2.05, 4.69) is 15.3 Å². The summed E-state index contributed by atoms with van der Waals surface area (Å²) in [6.45, 7) is 1.03. The molecule has 0 amide bonds. The van der Waals surface area contributed by atoms with Crippen LogP contribution in [0.15, 0.2) is 24.4 Å². The number of carbonyl (C=O) groups is 1. The van der Waals surface area contributed by atoms with E-state index in [0.717, 1.165) is 36.3 Å². The lowest BCUT2D eigenvalue weighted by Gasteiger charge is -2.06. The van der Waals surface area contributed by atoms with Gasteiger partial charge in [-0.3, -0.25) is 4.79 Å². The molecule has 1 aliphatic rings. The Balaban J connectivity index is 1.96. The summed E-state index contributed by atoms with van der Waals surface area (Å²) in [4.78, 5) is 18.8. The number of hydrogen-bond donors (Lipinski definition) is 2. The lowest BCUT2D eigenvalue weighted by molar-refractivity contribution is 0.112. The van der Waals surface area contributed by atoms with Crippen molar-refractivity contribution in [3.05, 3.63) is 40.8 Å². The second-order valence-corrected chi connectivity index (χ2v) is 5.12.